The highest BCUT2D eigenvalue weighted by molar-refractivity contribution is 5.02. The molecule has 0 saturated carbocycles. The van der Waals surface area contributed by atoms with E-state index in [1.54, 1.807) is 6.26 Å². The Morgan fingerprint density at radius 1 is 2.00 bits per heavy atom. The second kappa shape index (κ2) is 1.69. The summed E-state index contributed by atoms with van der Waals surface area (Å²) in [4.78, 5) is 0. The fourth-order valence-electron chi connectivity index (χ4n) is 0.251. The first-order valence-corrected chi connectivity index (χ1v) is 2.01. The maximum Gasteiger partial charge on any atom is 0.176 e. The van der Waals surface area contributed by atoms with Crippen molar-refractivity contribution in [2.45, 2.75) is 0 Å². The van der Waals surface area contributed by atoms with Gasteiger partial charge >= 0.3 is 0 Å². The molecule has 2 heteroatoms. The lowest BCUT2D eigenvalue weighted by Crippen LogP contribution is -1.80. The zero-order chi connectivity index (χ0) is 5.11. The van der Waals surface area contributed by atoms with Crippen LogP contribution in [0.25, 0.3) is 0 Å². The summed E-state index contributed by atoms with van der Waals surface area (Å²) < 4.78 is 9.36. The smallest absolute Gasteiger partial charge is 0.176 e. The van der Waals surface area contributed by atoms with Crippen LogP contribution >= 0.6 is 0 Å². The SMILES string of the molecule is C=COCC1=CO1. The van der Waals surface area contributed by atoms with Crippen molar-refractivity contribution in [3.63, 3.8) is 0 Å². The monoisotopic (exact) mass is 98.0 g/mol. The molecular formula is C5H6O2. The molecule has 7 heavy (non-hydrogen) atoms. The number of rotatable bonds is 3. The molecule has 0 unspecified atom stereocenters. The van der Waals surface area contributed by atoms with Gasteiger partial charge in [0.2, 0.25) is 0 Å². The van der Waals surface area contributed by atoms with Crippen LogP contribution in [0.4, 0.5) is 0 Å². The average Bonchev–Trinajstić information content (AvgIpc) is 2.42. The maximum absolute atomic E-state index is 4.73. The van der Waals surface area contributed by atoms with Crippen molar-refractivity contribution < 1.29 is 9.47 Å². The summed E-state index contributed by atoms with van der Waals surface area (Å²) in [6.45, 7) is 3.89. The first kappa shape index (κ1) is 4.24. The van der Waals surface area contributed by atoms with Crippen molar-refractivity contribution in [1.82, 2.24) is 0 Å². The summed E-state index contributed by atoms with van der Waals surface area (Å²) in [5, 5.41) is 0. The third kappa shape index (κ3) is 1.30. The lowest BCUT2D eigenvalue weighted by atomic mass is 10.7. The van der Waals surface area contributed by atoms with Crippen molar-refractivity contribution in [1.29, 1.82) is 0 Å². The maximum atomic E-state index is 4.73. The molecule has 1 aliphatic heterocycles. The summed E-state index contributed by atoms with van der Waals surface area (Å²) in [7, 11) is 0. The summed E-state index contributed by atoms with van der Waals surface area (Å²) >= 11 is 0. The Morgan fingerprint density at radius 2 is 2.71 bits per heavy atom. The van der Waals surface area contributed by atoms with Crippen LogP contribution in [0.5, 0.6) is 0 Å². The molecule has 38 valence electrons. The summed E-state index contributed by atoms with van der Waals surface area (Å²) in [6, 6.07) is 0. The Bertz CT molecular complexity index is 105. The van der Waals surface area contributed by atoms with Gasteiger partial charge in [-0.05, 0) is 0 Å². The Labute approximate surface area is 42.0 Å². The number of hydrogen-bond acceptors (Lipinski definition) is 2. The van der Waals surface area contributed by atoms with E-state index in [4.69, 9.17) is 4.74 Å². The topological polar surface area (TPSA) is 21.8 Å². The molecule has 1 rings (SSSR count). The second-order valence-corrected chi connectivity index (χ2v) is 1.18. The molecule has 0 spiro atoms. The van der Waals surface area contributed by atoms with Crippen LogP contribution in [0.15, 0.2) is 24.9 Å². The van der Waals surface area contributed by atoms with Gasteiger partial charge in [0.05, 0.1) is 6.26 Å². The molecule has 2 nitrogen and oxygen atoms in total. The first-order chi connectivity index (χ1) is 3.43. The van der Waals surface area contributed by atoms with Crippen LogP contribution in [0, 0.1) is 0 Å². The first-order valence-electron chi connectivity index (χ1n) is 2.01. The Kier molecular flexibility index (Phi) is 1.02. The number of ether oxygens (including phenoxy) is 2. The third-order valence-corrected chi connectivity index (χ3v) is 0.628. The van der Waals surface area contributed by atoms with E-state index >= 15 is 0 Å². The lowest BCUT2D eigenvalue weighted by molar-refractivity contribution is 0.257. The highest BCUT2D eigenvalue weighted by Gasteiger charge is 2.07. The van der Waals surface area contributed by atoms with Gasteiger partial charge in [-0.2, -0.15) is 0 Å². The zero-order valence-electron chi connectivity index (χ0n) is 3.89. The Hall–Kier alpha value is -0.920. The van der Waals surface area contributed by atoms with Crippen molar-refractivity contribution >= 4 is 0 Å². The normalized spacial score (nSPS) is 14.0. The van der Waals surface area contributed by atoms with Crippen molar-refractivity contribution in [3.8, 4) is 0 Å². The molecule has 0 atom stereocenters. The Morgan fingerprint density at radius 3 is 3.14 bits per heavy atom. The molecule has 0 fully saturated rings. The third-order valence-electron chi connectivity index (χ3n) is 0.628. The standard InChI is InChI=1S/C5H6O2/c1-2-6-3-5-4-7-5/h2,4H,1,3H2. The van der Waals surface area contributed by atoms with Crippen molar-refractivity contribution in [2.24, 2.45) is 0 Å². The zero-order valence-corrected chi connectivity index (χ0v) is 3.89. The van der Waals surface area contributed by atoms with Crippen molar-refractivity contribution in [2.75, 3.05) is 6.61 Å². The summed E-state index contributed by atoms with van der Waals surface area (Å²) in [5.41, 5.74) is 0. The van der Waals surface area contributed by atoms with Crippen LogP contribution in [-0.2, 0) is 9.47 Å². The van der Waals surface area contributed by atoms with E-state index in [1.165, 1.54) is 6.26 Å². The molecule has 0 aromatic rings. The van der Waals surface area contributed by atoms with E-state index in [-0.39, 0.29) is 0 Å². The number of hydrogen-bond donors (Lipinski definition) is 0. The van der Waals surface area contributed by atoms with Gasteiger partial charge in [0.15, 0.2) is 5.76 Å². The molecule has 1 heterocycles. The quantitative estimate of drug-likeness (QED) is 0.491. The molecule has 0 radical (unpaired) electrons. The second-order valence-electron chi connectivity index (χ2n) is 1.18. The highest BCUT2D eigenvalue weighted by Crippen LogP contribution is 2.11. The molecule has 0 aliphatic carbocycles. The minimum atomic E-state index is 0.531. The van der Waals surface area contributed by atoms with Gasteiger partial charge in [-0.25, -0.2) is 0 Å². The van der Waals surface area contributed by atoms with E-state index in [2.05, 4.69) is 11.3 Å². The van der Waals surface area contributed by atoms with Crippen LogP contribution < -0.4 is 0 Å². The Balaban J connectivity index is 1.99. The van der Waals surface area contributed by atoms with Crippen LogP contribution in [0.1, 0.15) is 0 Å². The predicted octanol–water partition coefficient (Wildman–Crippen LogP) is 1.02. The van der Waals surface area contributed by atoms with Crippen molar-refractivity contribution in [3.05, 3.63) is 24.9 Å². The molecule has 1 aliphatic rings. The molecule has 0 aromatic heterocycles. The van der Waals surface area contributed by atoms with Gasteiger partial charge in [0.1, 0.15) is 12.9 Å². The van der Waals surface area contributed by atoms with Gasteiger partial charge in [0.25, 0.3) is 0 Å². The average molecular weight is 98.1 g/mol. The van der Waals surface area contributed by atoms with Gasteiger partial charge in [0, 0.05) is 0 Å². The highest BCUT2D eigenvalue weighted by atomic mass is 16.6. The van der Waals surface area contributed by atoms with E-state index in [0.29, 0.717) is 6.61 Å². The van der Waals surface area contributed by atoms with E-state index in [9.17, 15) is 0 Å². The molecule has 0 bridgehead atoms. The minimum absolute atomic E-state index is 0.531. The molecule has 0 aromatic carbocycles. The molecule has 0 amide bonds. The van der Waals surface area contributed by atoms with Crippen LogP contribution in [0.2, 0.25) is 0 Å². The van der Waals surface area contributed by atoms with E-state index in [1.807, 2.05) is 0 Å². The lowest BCUT2D eigenvalue weighted by Gasteiger charge is -1.87. The fraction of sp³-hybridized carbons (Fsp3) is 0.200. The van der Waals surface area contributed by atoms with Gasteiger partial charge in [-0.15, -0.1) is 0 Å². The largest absolute Gasteiger partial charge is 0.494 e. The molecule has 0 N–H and O–H groups in total. The summed E-state index contributed by atoms with van der Waals surface area (Å²) in [6.07, 6.45) is 3.03. The molecule has 0 saturated heterocycles. The van der Waals surface area contributed by atoms with Crippen LogP contribution in [-0.4, -0.2) is 6.61 Å². The predicted molar refractivity (Wildman–Crippen MR) is 25.3 cm³/mol. The molecular weight excluding hydrogens is 92.1 g/mol. The fourth-order valence-corrected chi connectivity index (χ4v) is 0.251. The van der Waals surface area contributed by atoms with Gasteiger partial charge in [-0.1, -0.05) is 6.58 Å². The minimum Gasteiger partial charge on any atom is -0.494 e. The van der Waals surface area contributed by atoms with Gasteiger partial charge < -0.3 is 9.47 Å². The van der Waals surface area contributed by atoms with Gasteiger partial charge in [-0.3, -0.25) is 0 Å². The van der Waals surface area contributed by atoms with E-state index < -0.39 is 0 Å². The van der Waals surface area contributed by atoms with E-state index in [0.717, 1.165) is 5.76 Å². The van der Waals surface area contributed by atoms with Crippen LogP contribution in [0.3, 0.4) is 0 Å². The summed E-state index contributed by atoms with van der Waals surface area (Å²) in [5.74, 6) is 0.889.